The molecule has 0 saturated heterocycles. The Labute approximate surface area is 216 Å². The van der Waals surface area contributed by atoms with Gasteiger partial charge in [-0.15, -0.1) is 0 Å². The summed E-state index contributed by atoms with van der Waals surface area (Å²) in [4.78, 5) is 5.21. The van der Waals surface area contributed by atoms with Crippen LogP contribution in [0.1, 0.15) is 175 Å². The van der Waals surface area contributed by atoms with Crippen molar-refractivity contribution in [1.29, 1.82) is 0 Å². The first-order valence-electron chi connectivity index (χ1n) is 16.0. The molecular formula is C32H64N2. The first kappa shape index (κ1) is 31.4. The molecule has 1 rings (SSSR count). The summed E-state index contributed by atoms with van der Waals surface area (Å²) in [6, 6.07) is 0. The SMILES string of the molecule is CCCCCCCCCCCCCCCCC1N(CC)C=CN1CCCCCCCCCCC. The van der Waals surface area contributed by atoms with E-state index in [1.165, 1.54) is 161 Å². The first-order valence-corrected chi connectivity index (χ1v) is 16.0. The number of hydrogen-bond donors (Lipinski definition) is 0. The molecule has 0 aromatic carbocycles. The van der Waals surface area contributed by atoms with Crippen molar-refractivity contribution < 1.29 is 0 Å². The maximum Gasteiger partial charge on any atom is 0.101 e. The molecule has 0 fully saturated rings. The summed E-state index contributed by atoms with van der Waals surface area (Å²) in [6.45, 7) is 9.32. The Kier molecular flexibility index (Phi) is 22.2. The fourth-order valence-electron chi connectivity index (χ4n) is 5.56. The van der Waals surface area contributed by atoms with Crippen LogP contribution in [-0.4, -0.2) is 29.1 Å². The molecule has 0 amide bonds. The lowest BCUT2D eigenvalue weighted by molar-refractivity contribution is 0.142. The van der Waals surface area contributed by atoms with Crippen LogP contribution >= 0.6 is 0 Å². The summed E-state index contributed by atoms with van der Waals surface area (Å²) in [7, 11) is 0. The lowest BCUT2D eigenvalue weighted by Gasteiger charge is -2.32. The average molecular weight is 477 g/mol. The Balaban J connectivity index is 1.97. The average Bonchev–Trinajstić information content (AvgIpc) is 3.24. The molecule has 1 atom stereocenters. The third-order valence-electron chi connectivity index (χ3n) is 7.92. The smallest absolute Gasteiger partial charge is 0.101 e. The van der Waals surface area contributed by atoms with Crippen molar-refractivity contribution in [3.8, 4) is 0 Å². The van der Waals surface area contributed by atoms with Gasteiger partial charge in [0.1, 0.15) is 6.17 Å². The second-order valence-electron chi connectivity index (χ2n) is 11.1. The molecular weight excluding hydrogens is 412 g/mol. The molecule has 202 valence electrons. The van der Waals surface area contributed by atoms with Gasteiger partial charge in [-0.2, -0.15) is 0 Å². The Morgan fingerprint density at radius 2 is 0.765 bits per heavy atom. The van der Waals surface area contributed by atoms with E-state index in [9.17, 15) is 0 Å². The minimum Gasteiger partial charge on any atom is -0.356 e. The third-order valence-corrected chi connectivity index (χ3v) is 7.92. The zero-order valence-corrected chi connectivity index (χ0v) is 24.0. The maximum atomic E-state index is 2.65. The standard InChI is InChI=1S/C32H64N2/c1-4-7-9-11-13-15-16-17-18-19-20-22-24-26-28-32-33(6-3)30-31-34(32)29-27-25-23-21-14-12-10-8-5-2/h30-32H,4-29H2,1-3H3. The minimum atomic E-state index is 0.636. The van der Waals surface area contributed by atoms with Crippen molar-refractivity contribution >= 4 is 0 Å². The van der Waals surface area contributed by atoms with Gasteiger partial charge in [-0.1, -0.05) is 149 Å². The summed E-state index contributed by atoms with van der Waals surface area (Å²) in [6.07, 6.45) is 39.8. The van der Waals surface area contributed by atoms with E-state index in [4.69, 9.17) is 0 Å². The second-order valence-corrected chi connectivity index (χ2v) is 11.1. The second kappa shape index (κ2) is 24.1. The molecule has 1 aliphatic heterocycles. The molecule has 1 unspecified atom stereocenters. The van der Waals surface area contributed by atoms with Crippen LogP contribution in [0.2, 0.25) is 0 Å². The molecule has 0 N–H and O–H groups in total. The van der Waals surface area contributed by atoms with E-state index < -0.39 is 0 Å². The van der Waals surface area contributed by atoms with Gasteiger partial charge >= 0.3 is 0 Å². The molecule has 34 heavy (non-hydrogen) atoms. The zero-order valence-electron chi connectivity index (χ0n) is 24.0. The van der Waals surface area contributed by atoms with Gasteiger partial charge in [-0.3, -0.25) is 0 Å². The Hall–Kier alpha value is -0.660. The van der Waals surface area contributed by atoms with Crippen molar-refractivity contribution in [3.63, 3.8) is 0 Å². The molecule has 1 aliphatic rings. The molecule has 2 nitrogen and oxygen atoms in total. The molecule has 0 saturated carbocycles. The highest BCUT2D eigenvalue weighted by Gasteiger charge is 2.23. The van der Waals surface area contributed by atoms with E-state index in [-0.39, 0.29) is 0 Å². The highest BCUT2D eigenvalue weighted by molar-refractivity contribution is 4.96. The van der Waals surface area contributed by atoms with E-state index in [0.717, 1.165) is 6.54 Å². The van der Waals surface area contributed by atoms with Crippen LogP contribution in [0.5, 0.6) is 0 Å². The number of unbranched alkanes of at least 4 members (excludes halogenated alkanes) is 21. The highest BCUT2D eigenvalue weighted by atomic mass is 15.4. The van der Waals surface area contributed by atoms with Gasteiger partial charge in [-0.05, 0) is 26.2 Å². The van der Waals surface area contributed by atoms with E-state index in [1.54, 1.807) is 0 Å². The first-order chi connectivity index (χ1) is 16.8. The van der Waals surface area contributed by atoms with Crippen LogP contribution in [0.4, 0.5) is 0 Å². The van der Waals surface area contributed by atoms with Gasteiger partial charge < -0.3 is 9.80 Å². The Morgan fingerprint density at radius 3 is 1.18 bits per heavy atom. The van der Waals surface area contributed by atoms with Crippen LogP contribution < -0.4 is 0 Å². The minimum absolute atomic E-state index is 0.636. The molecule has 0 bridgehead atoms. The van der Waals surface area contributed by atoms with Crippen molar-refractivity contribution in [1.82, 2.24) is 9.80 Å². The molecule has 0 radical (unpaired) electrons. The quantitative estimate of drug-likeness (QED) is 0.114. The third kappa shape index (κ3) is 16.9. The predicted molar refractivity (Wildman–Crippen MR) is 154 cm³/mol. The summed E-state index contributed by atoms with van der Waals surface area (Å²) >= 11 is 0. The number of rotatable bonds is 26. The van der Waals surface area contributed by atoms with Crippen LogP contribution in [0.15, 0.2) is 12.4 Å². The van der Waals surface area contributed by atoms with Crippen LogP contribution in [0, 0.1) is 0 Å². The van der Waals surface area contributed by atoms with Gasteiger partial charge in [0.05, 0.1) is 0 Å². The number of nitrogens with zero attached hydrogens (tertiary/aromatic N) is 2. The van der Waals surface area contributed by atoms with Crippen molar-refractivity contribution in [2.24, 2.45) is 0 Å². The van der Waals surface area contributed by atoms with E-state index in [0.29, 0.717) is 6.17 Å². The van der Waals surface area contributed by atoms with Crippen molar-refractivity contribution in [3.05, 3.63) is 12.4 Å². The Bertz CT molecular complexity index is 433. The Morgan fingerprint density at radius 1 is 0.412 bits per heavy atom. The molecule has 1 heterocycles. The lowest BCUT2D eigenvalue weighted by Crippen LogP contribution is -2.38. The van der Waals surface area contributed by atoms with Crippen LogP contribution in [-0.2, 0) is 0 Å². The normalized spacial score (nSPS) is 15.7. The number of hydrogen-bond acceptors (Lipinski definition) is 2. The van der Waals surface area contributed by atoms with E-state index in [2.05, 4.69) is 43.0 Å². The van der Waals surface area contributed by atoms with Crippen molar-refractivity contribution in [2.45, 2.75) is 181 Å². The summed E-state index contributed by atoms with van der Waals surface area (Å²) < 4.78 is 0. The van der Waals surface area contributed by atoms with Gasteiger partial charge in [0.25, 0.3) is 0 Å². The van der Waals surface area contributed by atoms with E-state index in [1.807, 2.05) is 0 Å². The predicted octanol–water partition coefficient (Wildman–Crippen LogP) is 10.8. The molecule has 0 aromatic rings. The maximum absolute atomic E-state index is 2.65. The monoisotopic (exact) mass is 477 g/mol. The molecule has 0 aromatic heterocycles. The zero-order chi connectivity index (χ0) is 24.5. The highest BCUT2D eigenvalue weighted by Crippen LogP contribution is 2.23. The van der Waals surface area contributed by atoms with Gasteiger partial charge in [0.2, 0.25) is 0 Å². The largest absolute Gasteiger partial charge is 0.356 e. The van der Waals surface area contributed by atoms with Crippen LogP contribution in [0.25, 0.3) is 0 Å². The molecule has 0 aliphatic carbocycles. The summed E-state index contributed by atoms with van der Waals surface area (Å²) in [5.41, 5.74) is 0. The molecule has 2 heteroatoms. The van der Waals surface area contributed by atoms with Gasteiger partial charge in [0.15, 0.2) is 0 Å². The van der Waals surface area contributed by atoms with E-state index >= 15 is 0 Å². The summed E-state index contributed by atoms with van der Waals surface area (Å²) in [5, 5.41) is 0. The molecule has 0 spiro atoms. The summed E-state index contributed by atoms with van der Waals surface area (Å²) in [5.74, 6) is 0. The van der Waals surface area contributed by atoms with Gasteiger partial charge in [-0.25, -0.2) is 0 Å². The fraction of sp³-hybridized carbons (Fsp3) is 0.938. The van der Waals surface area contributed by atoms with Crippen LogP contribution in [0.3, 0.4) is 0 Å². The topological polar surface area (TPSA) is 6.48 Å². The van der Waals surface area contributed by atoms with Crippen molar-refractivity contribution in [2.75, 3.05) is 13.1 Å². The fourth-order valence-corrected chi connectivity index (χ4v) is 5.56. The van der Waals surface area contributed by atoms with Gasteiger partial charge in [0, 0.05) is 25.5 Å². The lowest BCUT2D eigenvalue weighted by atomic mass is 10.0.